The summed E-state index contributed by atoms with van der Waals surface area (Å²) in [6.07, 6.45) is 4.50. The van der Waals surface area contributed by atoms with Crippen LogP contribution in [0.5, 0.6) is 0 Å². The van der Waals surface area contributed by atoms with Crippen LogP contribution in [0.15, 0.2) is 47.5 Å². The molecule has 0 atom stereocenters. The lowest BCUT2D eigenvalue weighted by Gasteiger charge is -2.32. The van der Waals surface area contributed by atoms with Gasteiger partial charge in [0.15, 0.2) is 0 Å². The number of sulfonamides is 1. The molecule has 2 aliphatic rings. The molecule has 0 saturated carbocycles. The summed E-state index contributed by atoms with van der Waals surface area (Å²) < 4.78 is 34.1. The molecular weight excluding hydrogens is 402 g/mol. The molecule has 162 valence electrons. The highest BCUT2D eigenvalue weighted by Gasteiger charge is 2.31. The van der Waals surface area contributed by atoms with E-state index in [0.717, 1.165) is 19.3 Å². The summed E-state index contributed by atoms with van der Waals surface area (Å²) in [7, 11) is -1.88. The summed E-state index contributed by atoms with van der Waals surface area (Å²) in [4.78, 5) is 15.1. The number of aromatic nitrogens is 1. The maximum Gasteiger partial charge on any atom is 0.270 e. The zero-order chi connectivity index (χ0) is 21.1. The number of piperidine rings is 1. The van der Waals surface area contributed by atoms with Gasteiger partial charge in [0, 0.05) is 39.4 Å². The summed E-state index contributed by atoms with van der Waals surface area (Å²) in [5.41, 5.74) is 1.76. The zero-order valence-corrected chi connectivity index (χ0v) is 18.2. The molecule has 4 rings (SSSR count). The van der Waals surface area contributed by atoms with Crippen molar-refractivity contribution in [3.05, 3.63) is 53.9 Å². The summed E-state index contributed by atoms with van der Waals surface area (Å²) in [5, 5.41) is 0. The Balaban J connectivity index is 1.41. The molecule has 2 fully saturated rings. The summed E-state index contributed by atoms with van der Waals surface area (Å²) in [6, 6.07) is 12.0. The van der Waals surface area contributed by atoms with Crippen LogP contribution in [0, 0.1) is 5.92 Å². The summed E-state index contributed by atoms with van der Waals surface area (Å²) in [5.74, 6) is 0.473. The first-order chi connectivity index (χ1) is 14.4. The molecule has 1 aromatic carbocycles. The third-order valence-electron chi connectivity index (χ3n) is 6.08. The molecule has 0 spiro atoms. The third-order valence-corrected chi connectivity index (χ3v) is 7.94. The number of benzene rings is 1. The Morgan fingerprint density at radius 3 is 2.40 bits per heavy atom. The summed E-state index contributed by atoms with van der Waals surface area (Å²) >= 11 is 0. The van der Waals surface area contributed by atoms with Crippen molar-refractivity contribution in [2.24, 2.45) is 13.0 Å². The van der Waals surface area contributed by atoms with Crippen molar-refractivity contribution in [3.8, 4) is 0 Å². The Kier molecular flexibility index (Phi) is 6.26. The highest BCUT2D eigenvalue weighted by molar-refractivity contribution is 7.89. The maximum absolute atomic E-state index is 13.1. The van der Waals surface area contributed by atoms with Crippen LogP contribution in [-0.2, 0) is 28.2 Å². The standard InChI is InChI=1S/C22H29N3O4S/c1-23-17-20(30(27,28)25-11-13-29-14-12-25)16-21(23)22(26)24-9-7-19(8-10-24)15-18-5-3-2-4-6-18/h2-6,16-17,19H,7-15H2,1H3. The highest BCUT2D eigenvalue weighted by Crippen LogP contribution is 2.25. The molecule has 2 aromatic rings. The molecule has 1 amide bonds. The van der Waals surface area contributed by atoms with Crippen molar-refractivity contribution in [3.63, 3.8) is 0 Å². The Bertz CT molecular complexity index is 973. The highest BCUT2D eigenvalue weighted by atomic mass is 32.2. The van der Waals surface area contributed by atoms with Crippen molar-refractivity contribution in [2.45, 2.75) is 24.2 Å². The quantitative estimate of drug-likeness (QED) is 0.727. The molecule has 0 bridgehead atoms. The van der Waals surface area contributed by atoms with E-state index < -0.39 is 10.0 Å². The van der Waals surface area contributed by atoms with Gasteiger partial charge in [-0.2, -0.15) is 4.31 Å². The maximum atomic E-state index is 13.1. The number of morpholine rings is 1. The molecule has 0 radical (unpaired) electrons. The van der Waals surface area contributed by atoms with Gasteiger partial charge in [-0.15, -0.1) is 0 Å². The second kappa shape index (κ2) is 8.91. The second-order valence-corrected chi connectivity index (χ2v) is 10.1. The number of ether oxygens (including phenoxy) is 1. The lowest BCUT2D eigenvalue weighted by Crippen LogP contribution is -2.40. The van der Waals surface area contributed by atoms with Gasteiger partial charge in [-0.25, -0.2) is 8.42 Å². The van der Waals surface area contributed by atoms with Gasteiger partial charge in [-0.1, -0.05) is 30.3 Å². The fourth-order valence-electron chi connectivity index (χ4n) is 4.27. The van der Waals surface area contributed by atoms with Crippen LogP contribution in [-0.4, -0.2) is 67.5 Å². The van der Waals surface area contributed by atoms with Gasteiger partial charge in [-0.3, -0.25) is 4.79 Å². The average molecular weight is 432 g/mol. The van der Waals surface area contributed by atoms with E-state index in [-0.39, 0.29) is 10.8 Å². The first-order valence-electron chi connectivity index (χ1n) is 10.5. The third kappa shape index (κ3) is 4.45. The fraction of sp³-hybridized carbons (Fsp3) is 0.500. The SMILES string of the molecule is Cn1cc(S(=O)(=O)N2CCOCC2)cc1C(=O)N1CCC(Cc2ccccc2)CC1. The lowest BCUT2D eigenvalue weighted by atomic mass is 9.90. The van der Waals surface area contributed by atoms with Crippen LogP contribution in [0.3, 0.4) is 0 Å². The number of rotatable bonds is 5. The molecule has 30 heavy (non-hydrogen) atoms. The van der Waals surface area contributed by atoms with Crippen LogP contribution >= 0.6 is 0 Å². The number of carbonyl (C=O) groups excluding carboxylic acids is 1. The Labute approximate surface area is 178 Å². The van der Waals surface area contributed by atoms with Crippen LogP contribution in [0.1, 0.15) is 28.9 Å². The van der Waals surface area contributed by atoms with E-state index in [0.29, 0.717) is 51.0 Å². The number of aryl methyl sites for hydroxylation is 1. The van der Waals surface area contributed by atoms with Crippen LogP contribution in [0.4, 0.5) is 0 Å². The van der Waals surface area contributed by atoms with Crippen molar-refractivity contribution < 1.29 is 17.9 Å². The van der Waals surface area contributed by atoms with Gasteiger partial charge in [-0.05, 0) is 36.8 Å². The largest absolute Gasteiger partial charge is 0.379 e. The average Bonchev–Trinajstić information content (AvgIpc) is 3.17. The topological polar surface area (TPSA) is 71.9 Å². The fourth-order valence-corrected chi connectivity index (χ4v) is 5.75. The van der Waals surface area contributed by atoms with Gasteiger partial charge >= 0.3 is 0 Å². The minimum atomic E-state index is -3.61. The lowest BCUT2D eigenvalue weighted by molar-refractivity contribution is 0.0680. The molecule has 8 heteroatoms. The smallest absolute Gasteiger partial charge is 0.270 e. The van der Waals surface area contributed by atoms with E-state index in [2.05, 4.69) is 24.3 Å². The Morgan fingerprint density at radius 2 is 1.73 bits per heavy atom. The van der Waals surface area contributed by atoms with E-state index in [1.54, 1.807) is 17.8 Å². The van der Waals surface area contributed by atoms with Gasteiger partial charge in [0.1, 0.15) is 10.6 Å². The predicted molar refractivity (Wildman–Crippen MR) is 114 cm³/mol. The monoisotopic (exact) mass is 431 g/mol. The van der Waals surface area contributed by atoms with Gasteiger partial charge < -0.3 is 14.2 Å². The minimum Gasteiger partial charge on any atom is -0.379 e. The number of likely N-dealkylation sites (tertiary alicyclic amines) is 1. The van der Waals surface area contributed by atoms with Crippen molar-refractivity contribution in [2.75, 3.05) is 39.4 Å². The molecule has 2 saturated heterocycles. The number of hydrogen-bond acceptors (Lipinski definition) is 4. The summed E-state index contributed by atoms with van der Waals surface area (Å²) in [6.45, 7) is 2.89. The Morgan fingerprint density at radius 1 is 1.07 bits per heavy atom. The van der Waals surface area contributed by atoms with Gasteiger partial charge in [0.25, 0.3) is 5.91 Å². The molecule has 2 aliphatic heterocycles. The van der Waals surface area contributed by atoms with Crippen molar-refractivity contribution >= 4 is 15.9 Å². The molecular formula is C22H29N3O4S. The molecule has 1 aromatic heterocycles. The number of amides is 1. The molecule has 3 heterocycles. The van der Waals surface area contributed by atoms with Crippen LogP contribution in [0.2, 0.25) is 0 Å². The normalized spacial score (nSPS) is 19.2. The van der Waals surface area contributed by atoms with Crippen molar-refractivity contribution in [1.29, 1.82) is 0 Å². The predicted octanol–water partition coefficient (Wildman–Crippen LogP) is 2.14. The molecule has 7 nitrogen and oxygen atoms in total. The van der Waals surface area contributed by atoms with E-state index in [1.165, 1.54) is 15.9 Å². The van der Waals surface area contributed by atoms with Gasteiger partial charge in [0.2, 0.25) is 10.0 Å². The first kappa shape index (κ1) is 21.1. The Hall–Kier alpha value is -2.16. The first-order valence-corrected chi connectivity index (χ1v) is 12.0. The minimum absolute atomic E-state index is 0.0981. The number of nitrogens with zero attached hydrogens (tertiary/aromatic N) is 3. The van der Waals surface area contributed by atoms with Gasteiger partial charge in [0.05, 0.1) is 13.2 Å². The second-order valence-electron chi connectivity index (χ2n) is 8.11. The van der Waals surface area contributed by atoms with E-state index in [1.807, 2.05) is 11.0 Å². The molecule has 0 unspecified atom stereocenters. The molecule has 0 aliphatic carbocycles. The number of hydrogen-bond donors (Lipinski definition) is 0. The molecule has 0 N–H and O–H groups in total. The van der Waals surface area contributed by atoms with E-state index in [4.69, 9.17) is 4.74 Å². The van der Waals surface area contributed by atoms with Crippen molar-refractivity contribution in [1.82, 2.24) is 13.8 Å². The zero-order valence-electron chi connectivity index (χ0n) is 17.4. The van der Waals surface area contributed by atoms with Crippen LogP contribution < -0.4 is 0 Å². The van der Waals surface area contributed by atoms with E-state index >= 15 is 0 Å². The number of carbonyl (C=O) groups is 1. The van der Waals surface area contributed by atoms with E-state index in [9.17, 15) is 13.2 Å². The van der Waals surface area contributed by atoms with Crippen LogP contribution in [0.25, 0.3) is 0 Å².